The highest BCUT2D eigenvalue weighted by atomic mass is 16.5. The van der Waals surface area contributed by atoms with E-state index in [9.17, 15) is 4.79 Å². The summed E-state index contributed by atoms with van der Waals surface area (Å²) in [6.07, 6.45) is 5.74. The van der Waals surface area contributed by atoms with Gasteiger partial charge in [-0.05, 0) is 42.5 Å². The van der Waals surface area contributed by atoms with E-state index in [1.165, 1.54) is 24.0 Å². The summed E-state index contributed by atoms with van der Waals surface area (Å²) >= 11 is 0. The number of ether oxygens (including phenoxy) is 2. The molecule has 0 bridgehead atoms. The summed E-state index contributed by atoms with van der Waals surface area (Å²) in [7, 11) is 3.33. The molecule has 0 N–H and O–H groups in total. The molecule has 1 saturated heterocycles. The number of benzene rings is 1. The Morgan fingerprint density at radius 2 is 1.58 bits per heavy atom. The van der Waals surface area contributed by atoms with Crippen molar-refractivity contribution in [1.29, 1.82) is 0 Å². The molecule has 0 radical (unpaired) electrons. The molecule has 0 aromatic heterocycles. The van der Waals surface area contributed by atoms with E-state index in [2.05, 4.69) is 21.9 Å². The lowest BCUT2D eigenvalue weighted by molar-refractivity contribution is -0.132. The quantitative estimate of drug-likeness (QED) is 0.849. The third kappa shape index (κ3) is 3.83. The molecule has 5 heteroatoms. The predicted octanol–water partition coefficient (Wildman–Crippen LogP) is 2.46. The molecule has 3 rings (SSSR count). The zero-order chi connectivity index (χ0) is 16.9. The van der Waals surface area contributed by atoms with E-state index < -0.39 is 0 Å². The number of fused-ring (bicyclic) bond motifs is 1. The first-order valence-electron chi connectivity index (χ1n) is 8.95. The van der Waals surface area contributed by atoms with Crippen LogP contribution in [0.15, 0.2) is 12.1 Å². The van der Waals surface area contributed by atoms with Gasteiger partial charge in [0, 0.05) is 26.2 Å². The fraction of sp³-hybridized carbons (Fsp3) is 0.632. The number of hydrogen-bond donors (Lipinski definition) is 0. The minimum absolute atomic E-state index is 0.279. The summed E-state index contributed by atoms with van der Waals surface area (Å²) < 4.78 is 10.8. The van der Waals surface area contributed by atoms with Crippen LogP contribution in [0.3, 0.4) is 0 Å². The molecule has 1 fully saturated rings. The molecule has 5 nitrogen and oxygen atoms in total. The third-order valence-corrected chi connectivity index (χ3v) is 5.11. The summed E-state index contributed by atoms with van der Waals surface area (Å²) in [6, 6.07) is 4.12. The van der Waals surface area contributed by atoms with Gasteiger partial charge in [-0.15, -0.1) is 0 Å². The van der Waals surface area contributed by atoms with E-state index in [4.69, 9.17) is 9.47 Å². The number of amides is 1. The molecule has 132 valence electrons. The minimum Gasteiger partial charge on any atom is -0.493 e. The second-order valence-corrected chi connectivity index (χ2v) is 6.73. The first kappa shape index (κ1) is 17.1. The fourth-order valence-corrected chi connectivity index (χ4v) is 3.69. The van der Waals surface area contributed by atoms with Crippen LogP contribution in [0.1, 0.15) is 36.8 Å². The van der Waals surface area contributed by atoms with Gasteiger partial charge < -0.3 is 14.4 Å². The molecular formula is C19H28N2O3. The van der Waals surface area contributed by atoms with Crippen LogP contribution in [-0.4, -0.2) is 56.1 Å². The van der Waals surface area contributed by atoms with Gasteiger partial charge in [-0.1, -0.05) is 12.8 Å². The summed E-state index contributed by atoms with van der Waals surface area (Å²) in [6.45, 7) is 4.09. The van der Waals surface area contributed by atoms with Crippen molar-refractivity contribution in [3.63, 3.8) is 0 Å². The zero-order valence-corrected chi connectivity index (χ0v) is 14.8. The van der Waals surface area contributed by atoms with E-state index in [-0.39, 0.29) is 5.91 Å². The van der Waals surface area contributed by atoms with Crippen LogP contribution in [0.25, 0.3) is 0 Å². The van der Waals surface area contributed by atoms with E-state index >= 15 is 0 Å². The number of carbonyl (C=O) groups is 1. The highest BCUT2D eigenvalue weighted by Gasteiger charge is 2.23. The van der Waals surface area contributed by atoms with Crippen molar-refractivity contribution in [2.45, 2.75) is 38.6 Å². The number of hydrogen-bond acceptors (Lipinski definition) is 4. The van der Waals surface area contributed by atoms with Crippen molar-refractivity contribution in [2.24, 2.45) is 0 Å². The number of rotatable bonds is 4. The number of likely N-dealkylation sites (tertiary alicyclic amines) is 1. The Labute approximate surface area is 144 Å². The average Bonchev–Trinajstić information content (AvgIpc) is 2.89. The summed E-state index contributed by atoms with van der Waals surface area (Å²) in [4.78, 5) is 16.9. The van der Waals surface area contributed by atoms with Crippen LogP contribution in [0, 0.1) is 0 Å². The maximum Gasteiger partial charge on any atom is 0.236 e. The van der Waals surface area contributed by atoms with Gasteiger partial charge in [-0.3, -0.25) is 9.69 Å². The monoisotopic (exact) mass is 332 g/mol. The Bertz CT molecular complexity index is 580. The highest BCUT2D eigenvalue weighted by Crippen LogP contribution is 2.33. The Morgan fingerprint density at radius 1 is 0.958 bits per heavy atom. The highest BCUT2D eigenvalue weighted by molar-refractivity contribution is 5.78. The summed E-state index contributed by atoms with van der Waals surface area (Å²) in [5.74, 6) is 1.82. The Morgan fingerprint density at radius 3 is 2.21 bits per heavy atom. The van der Waals surface area contributed by atoms with E-state index in [0.717, 1.165) is 56.9 Å². The van der Waals surface area contributed by atoms with Crippen molar-refractivity contribution < 1.29 is 14.3 Å². The molecule has 0 aliphatic carbocycles. The van der Waals surface area contributed by atoms with Crippen molar-refractivity contribution in [1.82, 2.24) is 9.80 Å². The first-order valence-corrected chi connectivity index (χ1v) is 8.95. The molecule has 0 saturated carbocycles. The Balaban J connectivity index is 1.65. The van der Waals surface area contributed by atoms with E-state index in [1.54, 1.807) is 14.2 Å². The third-order valence-electron chi connectivity index (χ3n) is 5.11. The average molecular weight is 332 g/mol. The minimum atomic E-state index is 0.279. The molecule has 24 heavy (non-hydrogen) atoms. The van der Waals surface area contributed by atoms with Gasteiger partial charge in [-0.25, -0.2) is 0 Å². The normalized spacial score (nSPS) is 18.7. The van der Waals surface area contributed by atoms with Gasteiger partial charge in [-0.2, -0.15) is 0 Å². The number of nitrogens with zero attached hydrogens (tertiary/aromatic N) is 2. The zero-order valence-electron chi connectivity index (χ0n) is 14.8. The predicted molar refractivity (Wildman–Crippen MR) is 93.6 cm³/mol. The molecule has 0 atom stereocenters. The van der Waals surface area contributed by atoms with Gasteiger partial charge >= 0.3 is 0 Å². The largest absolute Gasteiger partial charge is 0.493 e. The second-order valence-electron chi connectivity index (χ2n) is 6.73. The molecule has 0 unspecified atom stereocenters. The SMILES string of the molecule is COc1cc2c(cc1OC)CN(CC(=O)N1CCCCCC1)CC2. The van der Waals surface area contributed by atoms with Crippen LogP contribution in [0.5, 0.6) is 11.5 Å². The fourth-order valence-electron chi connectivity index (χ4n) is 3.69. The van der Waals surface area contributed by atoms with Crippen molar-refractivity contribution in [2.75, 3.05) is 40.4 Å². The number of carbonyl (C=O) groups excluding carboxylic acids is 1. The van der Waals surface area contributed by atoms with Crippen LogP contribution in [-0.2, 0) is 17.8 Å². The van der Waals surface area contributed by atoms with Crippen LogP contribution < -0.4 is 9.47 Å². The number of methoxy groups -OCH3 is 2. The van der Waals surface area contributed by atoms with E-state index in [1.807, 2.05) is 0 Å². The Kier molecular flexibility index (Phi) is 5.61. The van der Waals surface area contributed by atoms with Gasteiger partial charge in [0.25, 0.3) is 0 Å². The molecule has 1 aromatic rings. The lowest BCUT2D eigenvalue weighted by atomic mass is 9.99. The topological polar surface area (TPSA) is 42.0 Å². The second kappa shape index (κ2) is 7.88. The first-order chi connectivity index (χ1) is 11.7. The summed E-state index contributed by atoms with van der Waals surface area (Å²) in [5.41, 5.74) is 2.54. The van der Waals surface area contributed by atoms with Crippen LogP contribution in [0.2, 0.25) is 0 Å². The standard InChI is InChI=1S/C19H28N2O3/c1-23-17-11-15-7-10-20(13-16(15)12-18(17)24-2)14-19(22)21-8-5-3-4-6-9-21/h11-12H,3-10,13-14H2,1-2H3. The van der Waals surface area contributed by atoms with Crippen LogP contribution >= 0.6 is 0 Å². The van der Waals surface area contributed by atoms with Crippen LogP contribution in [0.4, 0.5) is 0 Å². The van der Waals surface area contributed by atoms with E-state index in [0.29, 0.717) is 6.54 Å². The maximum atomic E-state index is 12.6. The van der Waals surface area contributed by atoms with Gasteiger partial charge in [0.2, 0.25) is 5.91 Å². The smallest absolute Gasteiger partial charge is 0.236 e. The lowest BCUT2D eigenvalue weighted by Crippen LogP contribution is -2.42. The van der Waals surface area contributed by atoms with Crippen molar-refractivity contribution >= 4 is 5.91 Å². The molecular weight excluding hydrogens is 304 g/mol. The molecule has 2 heterocycles. The molecule has 1 aromatic carbocycles. The van der Waals surface area contributed by atoms with Crippen molar-refractivity contribution in [3.8, 4) is 11.5 Å². The summed E-state index contributed by atoms with van der Waals surface area (Å²) in [5, 5.41) is 0. The molecule has 2 aliphatic heterocycles. The van der Waals surface area contributed by atoms with Gasteiger partial charge in [0.1, 0.15) is 0 Å². The Hall–Kier alpha value is -1.75. The molecule has 0 spiro atoms. The van der Waals surface area contributed by atoms with Gasteiger partial charge in [0.15, 0.2) is 11.5 Å². The van der Waals surface area contributed by atoms with Crippen molar-refractivity contribution in [3.05, 3.63) is 23.3 Å². The maximum absolute atomic E-state index is 12.6. The van der Waals surface area contributed by atoms with Gasteiger partial charge in [0.05, 0.1) is 20.8 Å². The molecule has 1 amide bonds. The molecule has 2 aliphatic rings. The lowest BCUT2D eigenvalue weighted by Gasteiger charge is -2.31.